The number of hydrogen-bond donors (Lipinski definition) is 1. The molecule has 0 spiro atoms. The van der Waals surface area contributed by atoms with Crippen LogP contribution in [0.25, 0.3) is 10.2 Å². The third-order valence-corrected chi connectivity index (χ3v) is 3.63. The standard InChI is InChI=1S/C12H17N3OS/c1-4-5-9(16-3)11-14-10(13)8-6-7(2)17-12(8)15-11/h6,9H,4-5H2,1-3H3,(H2,13,14,15). The number of thiophene rings is 1. The lowest BCUT2D eigenvalue weighted by Gasteiger charge is -2.13. The first kappa shape index (κ1) is 12.3. The van der Waals surface area contributed by atoms with Gasteiger partial charge in [0.1, 0.15) is 16.8 Å². The Kier molecular flexibility index (Phi) is 3.59. The number of methoxy groups -OCH3 is 1. The quantitative estimate of drug-likeness (QED) is 0.907. The van der Waals surface area contributed by atoms with E-state index < -0.39 is 0 Å². The van der Waals surface area contributed by atoms with Gasteiger partial charge < -0.3 is 10.5 Å². The summed E-state index contributed by atoms with van der Waals surface area (Å²) in [6, 6.07) is 2.03. The number of aryl methyl sites for hydroxylation is 1. The highest BCUT2D eigenvalue weighted by Gasteiger charge is 2.16. The van der Waals surface area contributed by atoms with E-state index in [0.717, 1.165) is 23.1 Å². The van der Waals surface area contributed by atoms with Gasteiger partial charge in [-0.2, -0.15) is 0 Å². The Labute approximate surface area is 105 Å². The van der Waals surface area contributed by atoms with Crippen LogP contribution >= 0.6 is 11.3 Å². The molecule has 1 unspecified atom stereocenters. The van der Waals surface area contributed by atoms with Gasteiger partial charge in [0.15, 0.2) is 5.82 Å². The minimum atomic E-state index is -0.0610. The summed E-state index contributed by atoms with van der Waals surface area (Å²) in [5, 5.41) is 0.947. The van der Waals surface area contributed by atoms with E-state index in [0.29, 0.717) is 11.6 Å². The van der Waals surface area contributed by atoms with Crippen molar-refractivity contribution in [2.45, 2.75) is 32.8 Å². The normalized spacial score (nSPS) is 13.1. The lowest BCUT2D eigenvalue weighted by Crippen LogP contribution is -2.08. The van der Waals surface area contributed by atoms with Gasteiger partial charge in [0.2, 0.25) is 0 Å². The average Bonchev–Trinajstić information content (AvgIpc) is 2.67. The first-order chi connectivity index (χ1) is 8.15. The molecule has 1 atom stereocenters. The van der Waals surface area contributed by atoms with Crippen LogP contribution in [0, 0.1) is 6.92 Å². The predicted molar refractivity (Wildman–Crippen MR) is 71.2 cm³/mol. The summed E-state index contributed by atoms with van der Waals surface area (Å²) in [4.78, 5) is 11.0. The highest BCUT2D eigenvalue weighted by Crippen LogP contribution is 2.29. The SMILES string of the molecule is CCCC(OC)c1nc(N)c2cc(C)sc2n1. The Morgan fingerprint density at radius 2 is 2.24 bits per heavy atom. The maximum absolute atomic E-state index is 5.96. The Balaban J connectivity index is 2.47. The maximum Gasteiger partial charge on any atom is 0.161 e. The van der Waals surface area contributed by atoms with Crippen LogP contribution in [0.2, 0.25) is 0 Å². The van der Waals surface area contributed by atoms with Crippen LogP contribution in [-0.4, -0.2) is 17.1 Å². The number of aromatic nitrogens is 2. The maximum atomic E-state index is 5.96. The van der Waals surface area contributed by atoms with Crippen LogP contribution in [0.1, 0.15) is 36.6 Å². The monoisotopic (exact) mass is 251 g/mol. The molecular weight excluding hydrogens is 234 g/mol. The van der Waals surface area contributed by atoms with Crippen molar-refractivity contribution >= 4 is 27.4 Å². The van der Waals surface area contributed by atoms with Crippen molar-refractivity contribution in [2.75, 3.05) is 12.8 Å². The lowest BCUT2D eigenvalue weighted by atomic mass is 10.2. The number of nitrogens with zero attached hydrogens (tertiary/aromatic N) is 2. The molecule has 2 rings (SSSR count). The summed E-state index contributed by atoms with van der Waals surface area (Å²) in [7, 11) is 1.68. The van der Waals surface area contributed by atoms with Gasteiger partial charge in [-0.15, -0.1) is 11.3 Å². The van der Waals surface area contributed by atoms with Crippen molar-refractivity contribution < 1.29 is 4.74 Å². The van der Waals surface area contributed by atoms with Gasteiger partial charge in [0, 0.05) is 12.0 Å². The summed E-state index contributed by atoms with van der Waals surface area (Å²) in [6.45, 7) is 4.16. The van der Waals surface area contributed by atoms with E-state index in [9.17, 15) is 0 Å². The topological polar surface area (TPSA) is 61.0 Å². The van der Waals surface area contributed by atoms with Gasteiger partial charge >= 0.3 is 0 Å². The Hall–Kier alpha value is -1.20. The molecule has 2 N–H and O–H groups in total. The van der Waals surface area contributed by atoms with Gasteiger partial charge in [-0.1, -0.05) is 13.3 Å². The molecule has 0 aromatic carbocycles. The van der Waals surface area contributed by atoms with Crippen LogP contribution in [0.15, 0.2) is 6.07 Å². The smallest absolute Gasteiger partial charge is 0.161 e. The van der Waals surface area contributed by atoms with Crippen LogP contribution in [-0.2, 0) is 4.74 Å². The highest BCUT2D eigenvalue weighted by atomic mass is 32.1. The van der Waals surface area contributed by atoms with Crippen LogP contribution in [0.4, 0.5) is 5.82 Å². The zero-order valence-corrected chi connectivity index (χ0v) is 11.2. The fraction of sp³-hybridized carbons (Fsp3) is 0.500. The Bertz CT molecular complexity index is 524. The first-order valence-corrected chi connectivity index (χ1v) is 6.53. The molecule has 92 valence electrons. The summed E-state index contributed by atoms with van der Waals surface area (Å²) in [5.74, 6) is 1.24. The minimum absolute atomic E-state index is 0.0610. The molecule has 2 heterocycles. The fourth-order valence-electron chi connectivity index (χ4n) is 1.84. The molecule has 0 saturated heterocycles. The molecule has 5 heteroatoms. The highest BCUT2D eigenvalue weighted by molar-refractivity contribution is 7.18. The summed E-state index contributed by atoms with van der Waals surface area (Å²) in [5.41, 5.74) is 5.96. The van der Waals surface area contributed by atoms with E-state index in [1.807, 2.05) is 13.0 Å². The van der Waals surface area contributed by atoms with E-state index >= 15 is 0 Å². The largest absolute Gasteiger partial charge is 0.383 e. The Morgan fingerprint density at radius 3 is 2.88 bits per heavy atom. The van der Waals surface area contributed by atoms with Gasteiger partial charge in [0.25, 0.3) is 0 Å². The number of nitrogens with two attached hydrogens (primary N) is 1. The van der Waals surface area contributed by atoms with Crippen LogP contribution < -0.4 is 5.73 Å². The number of fused-ring (bicyclic) bond motifs is 1. The lowest BCUT2D eigenvalue weighted by molar-refractivity contribution is 0.0881. The number of anilines is 1. The Morgan fingerprint density at radius 1 is 1.47 bits per heavy atom. The summed E-state index contributed by atoms with van der Waals surface area (Å²) in [6.07, 6.45) is 1.88. The molecule has 0 radical (unpaired) electrons. The molecule has 0 aliphatic carbocycles. The second kappa shape index (κ2) is 4.98. The molecule has 0 amide bonds. The third-order valence-electron chi connectivity index (χ3n) is 2.69. The number of ether oxygens (including phenoxy) is 1. The molecule has 4 nitrogen and oxygen atoms in total. The molecule has 17 heavy (non-hydrogen) atoms. The number of hydrogen-bond acceptors (Lipinski definition) is 5. The third kappa shape index (κ3) is 2.40. The van der Waals surface area contributed by atoms with Gasteiger partial charge in [-0.25, -0.2) is 9.97 Å². The molecule has 0 aliphatic rings. The van der Waals surface area contributed by atoms with Crippen LogP contribution in [0.5, 0.6) is 0 Å². The van der Waals surface area contributed by atoms with Crippen molar-refractivity contribution in [1.29, 1.82) is 0 Å². The van der Waals surface area contributed by atoms with Crippen molar-refractivity contribution in [3.05, 3.63) is 16.8 Å². The first-order valence-electron chi connectivity index (χ1n) is 5.72. The van der Waals surface area contributed by atoms with Crippen molar-refractivity contribution in [2.24, 2.45) is 0 Å². The van der Waals surface area contributed by atoms with Crippen LogP contribution in [0.3, 0.4) is 0 Å². The number of nitrogen functional groups attached to an aromatic ring is 1. The van der Waals surface area contributed by atoms with Gasteiger partial charge in [-0.3, -0.25) is 0 Å². The van der Waals surface area contributed by atoms with Crippen molar-refractivity contribution in [1.82, 2.24) is 9.97 Å². The zero-order chi connectivity index (χ0) is 12.4. The van der Waals surface area contributed by atoms with E-state index in [1.165, 1.54) is 4.88 Å². The summed E-state index contributed by atoms with van der Waals surface area (Å²) < 4.78 is 5.41. The molecule has 0 bridgehead atoms. The van der Waals surface area contributed by atoms with E-state index in [-0.39, 0.29) is 6.10 Å². The molecule has 2 aromatic heterocycles. The molecule has 0 aliphatic heterocycles. The zero-order valence-electron chi connectivity index (χ0n) is 10.4. The van der Waals surface area contributed by atoms with Crippen molar-refractivity contribution in [3.63, 3.8) is 0 Å². The molecule has 2 aromatic rings. The van der Waals surface area contributed by atoms with E-state index in [4.69, 9.17) is 10.5 Å². The molecular formula is C12H17N3OS. The second-order valence-electron chi connectivity index (χ2n) is 4.06. The van der Waals surface area contributed by atoms with Gasteiger partial charge in [0.05, 0.1) is 5.39 Å². The van der Waals surface area contributed by atoms with Crippen molar-refractivity contribution in [3.8, 4) is 0 Å². The summed E-state index contributed by atoms with van der Waals surface area (Å²) >= 11 is 1.64. The fourth-order valence-corrected chi connectivity index (χ4v) is 2.73. The molecule has 0 saturated carbocycles. The number of rotatable bonds is 4. The average molecular weight is 251 g/mol. The minimum Gasteiger partial charge on any atom is -0.383 e. The van der Waals surface area contributed by atoms with Gasteiger partial charge in [-0.05, 0) is 19.4 Å². The molecule has 0 fully saturated rings. The second-order valence-corrected chi connectivity index (χ2v) is 5.29. The van der Waals surface area contributed by atoms with E-state index in [2.05, 4.69) is 16.9 Å². The van der Waals surface area contributed by atoms with E-state index in [1.54, 1.807) is 18.4 Å². The predicted octanol–water partition coefficient (Wildman–Crippen LogP) is 3.07.